The third-order valence-corrected chi connectivity index (χ3v) is 5.58. The SMILES string of the molecule is Cc1ncsc1CN(Cc1cc(F)ccc1Cl)CC1CCNC1. The molecule has 1 aliphatic heterocycles. The van der Waals surface area contributed by atoms with Gasteiger partial charge in [-0.1, -0.05) is 11.6 Å². The van der Waals surface area contributed by atoms with E-state index in [0.717, 1.165) is 37.4 Å². The Bertz CT molecular complexity index is 655. The fraction of sp³-hybridized carbons (Fsp3) is 0.471. The highest BCUT2D eigenvalue weighted by atomic mass is 35.5. The summed E-state index contributed by atoms with van der Waals surface area (Å²) in [7, 11) is 0. The highest BCUT2D eigenvalue weighted by Crippen LogP contribution is 2.23. The van der Waals surface area contributed by atoms with Crippen molar-refractivity contribution in [2.24, 2.45) is 5.92 Å². The minimum atomic E-state index is -0.235. The first-order chi connectivity index (χ1) is 11.1. The minimum Gasteiger partial charge on any atom is -0.316 e. The van der Waals surface area contributed by atoms with Gasteiger partial charge in [-0.25, -0.2) is 9.37 Å². The zero-order valence-electron chi connectivity index (χ0n) is 13.2. The van der Waals surface area contributed by atoms with E-state index in [1.54, 1.807) is 23.5 Å². The van der Waals surface area contributed by atoms with Crippen molar-refractivity contribution in [1.29, 1.82) is 0 Å². The molecule has 1 fully saturated rings. The number of rotatable bonds is 6. The van der Waals surface area contributed by atoms with E-state index in [1.807, 2.05) is 12.4 Å². The third kappa shape index (κ3) is 4.51. The van der Waals surface area contributed by atoms with Gasteiger partial charge in [0.05, 0.1) is 11.2 Å². The standard InChI is InChI=1S/C17H21ClFN3S/c1-12-17(23-11-21-12)10-22(8-13-4-5-20-7-13)9-14-6-15(19)2-3-16(14)18/h2-3,6,11,13,20H,4-5,7-10H2,1H3. The molecule has 1 atom stereocenters. The molecule has 2 aromatic rings. The molecule has 1 saturated heterocycles. The van der Waals surface area contributed by atoms with Crippen LogP contribution in [0.1, 0.15) is 22.6 Å². The Labute approximate surface area is 145 Å². The number of benzene rings is 1. The predicted octanol–water partition coefficient (Wildman–Crippen LogP) is 3.86. The van der Waals surface area contributed by atoms with Gasteiger partial charge in [-0.15, -0.1) is 11.3 Å². The lowest BCUT2D eigenvalue weighted by Crippen LogP contribution is -2.30. The summed E-state index contributed by atoms with van der Waals surface area (Å²) in [6.45, 7) is 6.64. The van der Waals surface area contributed by atoms with Crippen molar-refractivity contribution in [3.8, 4) is 0 Å². The molecule has 0 spiro atoms. The molecule has 1 aromatic heterocycles. The van der Waals surface area contributed by atoms with Crippen LogP contribution >= 0.6 is 22.9 Å². The van der Waals surface area contributed by atoms with E-state index in [2.05, 4.69) is 15.2 Å². The second-order valence-electron chi connectivity index (χ2n) is 6.13. The van der Waals surface area contributed by atoms with E-state index >= 15 is 0 Å². The molecule has 1 unspecified atom stereocenters. The van der Waals surface area contributed by atoms with E-state index in [-0.39, 0.29) is 5.82 Å². The normalized spacial score (nSPS) is 18.0. The summed E-state index contributed by atoms with van der Waals surface area (Å²) in [6, 6.07) is 4.59. The minimum absolute atomic E-state index is 0.235. The monoisotopic (exact) mass is 353 g/mol. The maximum Gasteiger partial charge on any atom is 0.123 e. The van der Waals surface area contributed by atoms with E-state index in [9.17, 15) is 4.39 Å². The summed E-state index contributed by atoms with van der Waals surface area (Å²) in [6.07, 6.45) is 1.19. The van der Waals surface area contributed by atoms with Crippen LogP contribution < -0.4 is 5.32 Å². The second-order valence-corrected chi connectivity index (χ2v) is 7.47. The molecule has 3 nitrogen and oxygen atoms in total. The van der Waals surface area contributed by atoms with Gasteiger partial charge < -0.3 is 5.32 Å². The summed E-state index contributed by atoms with van der Waals surface area (Å²) < 4.78 is 13.5. The number of aromatic nitrogens is 1. The molecule has 124 valence electrons. The molecule has 1 aliphatic rings. The molecular formula is C17H21ClFN3S. The lowest BCUT2D eigenvalue weighted by atomic mass is 10.1. The van der Waals surface area contributed by atoms with Crippen LogP contribution in [0.3, 0.4) is 0 Å². The molecule has 1 aromatic carbocycles. The second kappa shape index (κ2) is 7.71. The molecule has 6 heteroatoms. The van der Waals surface area contributed by atoms with E-state index in [4.69, 9.17) is 11.6 Å². The zero-order valence-corrected chi connectivity index (χ0v) is 14.8. The summed E-state index contributed by atoms with van der Waals surface area (Å²) >= 11 is 7.93. The van der Waals surface area contributed by atoms with Crippen LogP contribution in [0.5, 0.6) is 0 Å². The summed E-state index contributed by atoms with van der Waals surface area (Å²) in [5, 5.41) is 4.04. The number of halogens is 2. The summed E-state index contributed by atoms with van der Waals surface area (Å²) in [5.74, 6) is 0.399. The Morgan fingerprint density at radius 1 is 1.43 bits per heavy atom. The van der Waals surface area contributed by atoms with Crippen molar-refractivity contribution in [1.82, 2.24) is 15.2 Å². The fourth-order valence-electron chi connectivity index (χ4n) is 3.01. The number of hydrogen-bond acceptors (Lipinski definition) is 4. The summed E-state index contributed by atoms with van der Waals surface area (Å²) in [4.78, 5) is 7.96. The summed E-state index contributed by atoms with van der Waals surface area (Å²) in [5.41, 5.74) is 3.81. The van der Waals surface area contributed by atoms with Gasteiger partial charge in [0, 0.05) is 29.5 Å². The maximum absolute atomic E-state index is 13.5. The lowest BCUT2D eigenvalue weighted by molar-refractivity contribution is 0.222. The van der Waals surface area contributed by atoms with Crippen LogP contribution in [0.15, 0.2) is 23.7 Å². The number of aryl methyl sites for hydroxylation is 1. The first-order valence-corrected chi connectivity index (χ1v) is 9.13. The molecule has 0 amide bonds. The quantitative estimate of drug-likeness (QED) is 0.854. The van der Waals surface area contributed by atoms with Gasteiger partial charge in [-0.05, 0) is 56.1 Å². The zero-order chi connectivity index (χ0) is 16.2. The predicted molar refractivity (Wildman–Crippen MR) is 93.4 cm³/mol. The first-order valence-electron chi connectivity index (χ1n) is 7.88. The van der Waals surface area contributed by atoms with E-state index in [1.165, 1.54) is 17.4 Å². The van der Waals surface area contributed by atoms with Crippen LogP contribution in [0.4, 0.5) is 4.39 Å². The highest BCUT2D eigenvalue weighted by molar-refractivity contribution is 7.09. The molecule has 1 N–H and O–H groups in total. The van der Waals surface area contributed by atoms with Gasteiger partial charge in [0.25, 0.3) is 0 Å². The van der Waals surface area contributed by atoms with Crippen LogP contribution in [-0.2, 0) is 13.1 Å². The highest BCUT2D eigenvalue weighted by Gasteiger charge is 2.20. The van der Waals surface area contributed by atoms with Gasteiger partial charge in [-0.3, -0.25) is 4.90 Å². The smallest absolute Gasteiger partial charge is 0.123 e. The topological polar surface area (TPSA) is 28.2 Å². The van der Waals surface area contributed by atoms with Gasteiger partial charge in [0.15, 0.2) is 0 Å². The molecule has 0 saturated carbocycles. The van der Waals surface area contributed by atoms with Crippen molar-refractivity contribution < 1.29 is 4.39 Å². The Hall–Kier alpha value is -1.01. The molecule has 2 heterocycles. The number of thiazole rings is 1. The van der Waals surface area contributed by atoms with Crippen molar-refractivity contribution >= 4 is 22.9 Å². The van der Waals surface area contributed by atoms with Gasteiger partial charge >= 0.3 is 0 Å². The maximum atomic E-state index is 13.5. The molecule has 0 bridgehead atoms. The number of hydrogen-bond donors (Lipinski definition) is 1. The molecule has 0 radical (unpaired) electrons. The Morgan fingerprint density at radius 3 is 3.00 bits per heavy atom. The van der Waals surface area contributed by atoms with Crippen molar-refractivity contribution in [3.63, 3.8) is 0 Å². The average Bonchev–Trinajstić information content (AvgIpc) is 3.16. The van der Waals surface area contributed by atoms with Gasteiger partial charge in [0.1, 0.15) is 5.82 Å². The largest absolute Gasteiger partial charge is 0.316 e. The van der Waals surface area contributed by atoms with Crippen LogP contribution in [-0.4, -0.2) is 29.5 Å². The van der Waals surface area contributed by atoms with E-state index < -0.39 is 0 Å². The lowest BCUT2D eigenvalue weighted by Gasteiger charge is -2.25. The fourth-order valence-corrected chi connectivity index (χ4v) is 4.00. The number of nitrogens with zero attached hydrogens (tertiary/aromatic N) is 2. The van der Waals surface area contributed by atoms with Crippen molar-refractivity contribution in [3.05, 3.63) is 50.7 Å². The third-order valence-electron chi connectivity index (χ3n) is 4.29. The average molecular weight is 354 g/mol. The van der Waals surface area contributed by atoms with E-state index in [0.29, 0.717) is 17.5 Å². The van der Waals surface area contributed by atoms with Crippen LogP contribution in [0.2, 0.25) is 5.02 Å². The Kier molecular flexibility index (Phi) is 5.64. The number of nitrogens with one attached hydrogen (secondary N) is 1. The van der Waals surface area contributed by atoms with Crippen molar-refractivity contribution in [2.45, 2.75) is 26.4 Å². The Balaban J connectivity index is 1.76. The van der Waals surface area contributed by atoms with Gasteiger partial charge in [0.2, 0.25) is 0 Å². The van der Waals surface area contributed by atoms with Crippen LogP contribution in [0.25, 0.3) is 0 Å². The van der Waals surface area contributed by atoms with Crippen molar-refractivity contribution in [2.75, 3.05) is 19.6 Å². The van der Waals surface area contributed by atoms with Gasteiger partial charge in [-0.2, -0.15) is 0 Å². The molecular weight excluding hydrogens is 333 g/mol. The molecule has 23 heavy (non-hydrogen) atoms. The molecule has 3 rings (SSSR count). The molecule has 0 aliphatic carbocycles. The Morgan fingerprint density at radius 2 is 2.30 bits per heavy atom. The van der Waals surface area contributed by atoms with Crippen LogP contribution in [0, 0.1) is 18.7 Å². The first kappa shape index (κ1) is 16.8.